The molecule has 0 fully saturated rings. The standard InChI is InChI=1S/C20H25N3O5S/c1-14(2)23(13-19(21)24)20(25)15-9-11-16(12-10-15)29(26,27)22(3)17-7-5-6-8-18(17)28-4/h5-12,14H,13H2,1-4H3,(H2,21,24). The van der Waals surface area contributed by atoms with Gasteiger partial charge in [-0.3, -0.25) is 13.9 Å². The number of benzene rings is 2. The van der Waals surface area contributed by atoms with Gasteiger partial charge in [0.15, 0.2) is 0 Å². The molecule has 0 aliphatic rings. The van der Waals surface area contributed by atoms with E-state index in [9.17, 15) is 18.0 Å². The van der Waals surface area contributed by atoms with Crippen LogP contribution in [0, 0.1) is 0 Å². The van der Waals surface area contributed by atoms with Crippen LogP contribution in [-0.4, -0.2) is 51.9 Å². The molecule has 2 amide bonds. The van der Waals surface area contributed by atoms with Crippen LogP contribution in [0.2, 0.25) is 0 Å². The van der Waals surface area contributed by atoms with Crippen LogP contribution >= 0.6 is 0 Å². The average Bonchev–Trinajstić information content (AvgIpc) is 2.70. The van der Waals surface area contributed by atoms with E-state index in [0.29, 0.717) is 11.4 Å². The van der Waals surface area contributed by atoms with E-state index in [-0.39, 0.29) is 23.0 Å². The lowest BCUT2D eigenvalue weighted by Gasteiger charge is -2.25. The normalized spacial score (nSPS) is 11.2. The van der Waals surface area contributed by atoms with Crippen molar-refractivity contribution in [2.24, 2.45) is 5.73 Å². The van der Waals surface area contributed by atoms with Gasteiger partial charge in [0.05, 0.1) is 24.2 Å². The van der Waals surface area contributed by atoms with Gasteiger partial charge in [-0.25, -0.2) is 8.42 Å². The minimum atomic E-state index is -3.87. The summed E-state index contributed by atoms with van der Waals surface area (Å²) in [7, 11) is -0.974. The van der Waals surface area contributed by atoms with Gasteiger partial charge in [0.2, 0.25) is 5.91 Å². The molecular weight excluding hydrogens is 394 g/mol. The Morgan fingerprint density at radius 1 is 1.07 bits per heavy atom. The lowest BCUT2D eigenvalue weighted by Crippen LogP contribution is -2.42. The number of methoxy groups -OCH3 is 1. The van der Waals surface area contributed by atoms with E-state index in [1.165, 1.54) is 43.3 Å². The monoisotopic (exact) mass is 419 g/mol. The van der Waals surface area contributed by atoms with Gasteiger partial charge in [0.25, 0.3) is 15.9 Å². The number of hydrogen-bond acceptors (Lipinski definition) is 5. The number of nitrogens with zero attached hydrogens (tertiary/aromatic N) is 2. The largest absolute Gasteiger partial charge is 0.495 e. The first-order valence-corrected chi connectivity index (χ1v) is 10.3. The lowest BCUT2D eigenvalue weighted by atomic mass is 10.1. The number of amides is 2. The molecule has 0 heterocycles. The summed E-state index contributed by atoms with van der Waals surface area (Å²) in [5.41, 5.74) is 5.87. The number of hydrogen-bond donors (Lipinski definition) is 1. The quantitative estimate of drug-likeness (QED) is 0.702. The zero-order valence-electron chi connectivity index (χ0n) is 16.8. The molecule has 0 aliphatic heterocycles. The molecule has 0 aliphatic carbocycles. The van der Waals surface area contributed by atoms with Crippen LogP contribution in [-0.2, 0) is 14.8 Å². The van der Waals surface area contributed by atoms with Crippen LogP contribution in [0.4, 0.5) is 5.69 Å². The van der Waals surface area contributed by atoms with Crippen LogP contribution in [0.3, 0.4) is 0 Å². The molecular formula is C20H25N3O5S. The Kier molecular flexibility index (Phi) is 6.86. The molecule has 0 unspecified atom stereocenters. The zero-order chi connectivity index (χ0) is 21.8. The van der Waals surface area contributed by atoms with Crippen LogP contribution in [0.5, 0.6) is 5.75 Å². The maximum atomic E-state index is 13.0. The van der Waals surface area contributed by atoms with Crippen molar-refractivity contribution in [3.8, 4) is 5.75 Å². The molecule has 8 nitrogen and oxygen atoms in total. The fourth-order valence-electron chi connectivity index (χ4n) is 2.77. The highest BCUT2D eigenvalue weighted by Crippen LogP contribution is 2.30. The second kappa shape index (κ2) is 8.95. The molecule has 0 bridgehead atoms. The molecule has 0 aromatic heterocycles. The second-order valence-electron chi connectivity index (χ2n) is 6.66. The van der Waals surface area contributed by atoms with Crippen molar-refractivity contribution >= 4 is 27.5 Å². The molecule has 9 heteroatoms. The molecule has 2 N–H and O–H groups in total. The summed E-state index contributed by atoms with van der Waals surface area (Å²) < 4.78 is 32.3. The minimum Gasteiger partial charge on any atom is -0.495 e. The number of carbonyl (C=O) groups excluding carboxylic acids is 2. The first-order valence-electron chi connectivity index (χ1n) is 8.91. The van der Waals surface area contributed by atoms with Crippen molar-refractivity contribution in [2.75, 3.05) is 25.0 Å². The van der Waals surface area contributed by atoms with Crippen LogP contribution < -0.4 is 14.8 Å². The van der Waals surface area contributed by atoms with E-state index < -0.39 is 21.8 Å². The molecule has 29 heavy (non-hydrogen) atoms. The summed E-state index contributed by atoms with van der Waals surface area (Å²) >= 11 is 0. The highest BCUT2D eigenvalue weighted by Gasteiger charge is 2.25. The van der Waals surface area contributed by atoms with E-state index >= 15 is 0 Å². The first-order chi connectivity index (χ1) is 13.6. The smallest absolute Gasteiger partial charge is 0.264 e. The summed E-state index contributed by atoms with van der Waals surface area (Å²) in [6, 6.07) is 12.1. The highest BCUT2D eigenvalue weighted by atomic mass is 32.2. The summed E-state index contributed by atoms with van der Waals surface area (Å²) in [5.74, 6) is -0.602. The molecule has 2 aromatic carbocycles. The SMILES string of the molecule is COc1ccccc1N(C)S(=O)(=O)c1ccc(C(=O)N(CC(N)=O)C(C)C)cc1. The topological polar surface area (TPSA) is 110 Å². The van der Waals surface area contributed by atoms with E-state index in [1.807, 2.05) is 0 Å². The van der Waals surface area contributed by atoms with Crippen molar-refractivity contribution in [1.29, 1.82) is 0 Å². The summed E-state index contributed by atoms with van der Waals surface area (Å²) in [4.78, 5) is 25.2. The van der Waals surface area contributed by atoms with Crippen molar-refractivity contribution in [2.45, 2.75) is 24.8 Å². The average molecular weight is 420 g/mol. The van der Waals surface area contributed by atoms with E-state index in [1.54, 1.807) is 38.1 Å². The molecule has 2 aromatic rings. The van der Waals surface area contributed by atoms with Crippen LogP contribution in [0.25, 0.3) is 0 Å². The summed E-state index contributed by atoms with van der Waals surface area (Å²) in [6.45, 7) is 3.32. The maximum absolute atomic E-state index is 13.0. The molecule has 0 spiro atoms. The first kappa shape index (κ1) is 22.2. The fraction of sp³-hybridized carbons (Fsp3) is 0.300. The minimum absolute atomic E-state index is 0.0217. The number of ether oxygens (including phenoxy) is 1. The predicted molar refractivity (Wildman–Crippen MR) is 110 cm³/mol. The fourth-order valence-corrected chi connectivity index (χ4v) is 3.98. The van der Waals surface area contributed by atoms with Crippen molar-refractivity contribution in [3.05, 3.63) is 54.1 Å². The lowest BCUT2D eigenvalue weighted by molar-refractivity contribution is -0.119. The Hall–Kier alpha value is -3.07. The Labute approximate surface area is 170 Å². The highest BCUT2D eigenvalue weighted by molar-refractivity contribution is 7.92. The van der Waals surface area contributed by atoms with Gasteiger partial charge < -0.3 is 15.4 Å². The van der Waals surface area contributed by atoms with Crippen molar-refractivity contribution in [1.82, 2.24) is 4.90 Å². The maximum Gasteiger partial charge on any atom is 0.264 e. The third-order valence-electron chi connectivity index (χ3n) is 4.39. The molecule has 0 atom stereocenters. The number of carbonyl (C=O) groups is 2. The van der Waals surface area contributed by atoms with Crippen molar-refractivity contribution in [3.63, 3.8) is 0 Å². The van der Waals surface area contributed by atoms with Gasteiger partial charge in [-0.15, -0.1) is 0 Å². The van der Waals surface area contributed by atoms with Crippen LogP contribution in [0.1, 0.15) is 24.2 Å². The molecule has 0 radical (unpaired) electrons. The Morgan fingerprint density at radius 3 is 2.17 bits per heavy atom. The predicted octanol–water partition coefficient (Wildman–Crippen LogP) is 1.86. The van der Waals surface area contributed by atoms with Gasteiger partial charge in [-0.1, -0.05) is 12.1 Å². The number of anilines is 1. The Bertz CT molecular complexity index is 987. The van der Waals surface area contributed by atoms with E-state index in [0.717, 1.165) is 4.31 Å². The number of rotatable bonds is 8. The molecule has 0 saturated heterocycles. The van der Waals surface area contributed by atoms with Gasteiger partial charge in [-0.2, -0.15) is 0 Å². The number of nitrogens with two attached hydrogens (primary N) is 1. The van der Waals surface area contributed by atoms with Gasteiger partial charge in [0, 0.05) is 18.7 Å². The summed E-state index contributed by atoms with van der Waals surface area (Å²) in [6.07, 6.45) is 0. The van der Waals surface area contributed by atoms with E-state index in [2.05, 4.69) is 0 Å². The number of para-hydroxylation sites is 2. The zero-order valence-corrected chi connectivity index (χ0v) is 17.6. The molecule has 156 valence electrons. The number of primary amides is 1. The van der Waals surface area contributed by atoms with Gasteiger partial charge in [-0.05, 0) is 50.2 Å². The summed E-state index contributed by atoms with van der Waals surface area (Å²) in [5, 5.41) is 0. The third kappa shape index (κ3) is 4.86. The van der Waals surface area contributed by atoms with Gasteiger partial charge >= 0.3 is 0 Å². The van der Waals surface area contributed by atoms with Crippen molar-refractivity contribution < 1.29 is 22.7 Å². The Morgan fingerprint density at radius 2 is 1.66 bits per heavy atom. The second-order valence-corrected chi connectivity index (χ2v) is 8.63. The van der Waals surface area contributed by atoms with Crippen LogP contribution in [0.15, 0.2) is 53.4 Å². The third-order valence-corrected chi connectivity index (χ3v) is 6.18. The van der Waals surface area contributed by atoms with Gasteiger partial charge in [0.1, 0.15) is 5.75 Å². The Balaban J connectivity index is 2.33. The molecule has 2 rings (SSSR count). The molecule has 0 saturated carbocycles. The van der Waals surface area contributed by atoms with E-state index in [4.69, 9.17) is 10.5 Å². The number of sulfonamides is 1.